The number of hydrogen-bond donors (Lipinski definition) is 1. The van der Waals surface area contributed by atoms with Crippen LogP contribution >= 0.6 is 11.8 Å². The molecular formula is C10H14N2O3S. The van der Waals surface area contributed by atoms with Crippen LogP contribution in [0.4, 0.5) is 0 Å². The fourth-order valence-corrected chi connectivity index (χ4v) is 1.72. The number of ether oxygens (including phenoxy) is 1. The lowest BCUT2D eigenvalue weighted by Gasteiger charge is -2.05. The van der Waals surface area contributed by atoms with E-state index in [0.29, 0.717) is 5.16 Å². The van der Waals surface area contributed by atoms with Crippen molar-refractivity contribution < 1.29 is 9.53 Å². The number of hydrogen-bond acceptors (Lipinski definition) is 5. The molecule has 16 heavy (non-hydrogen) atoms. The summed E-state index contributed by atoms with van der Waals surface area (Å²) in [5.41, 5.74) is 0.516. The summed E-state index contributed by atoms with van der Waals surface area (Å²) in [7, 11) is 1.32. The third kappa shape index (κ3) is 3.69. The van der Waals surface area contributed by atoms with Crippen molar-refractivity contribution in [3.63, 3.8) is 0 Å². The van der Waals surface area contributed by atoms with E-state index in [9.17, 15) is 9.59 Å². The highest BCUT2D eigenvalue weighted by Crippen LogP contribution is 2.15. The van der Waals surface area contributed by atoms with Crippen LogP contribution in [0.5, 0.6) is 0 Å². The summed E-state index contributed by atoms with van der Waals surface area (Å²) in [6.07, 6.45) is 0. The molecule has 0 aliphatic rings. The summed E-state index contributed by atoms with van der Waals surface area (Å²) in [6.45, 7) is 3.91. The number of nitrogens with zero attached hydrogens (tertiary/aromatic N) is 1. The van der Waals surface area contributed by atoms with Gasteiger partial charge in [0.2, 0.25) is 0 Å². The summed E-state index contributed by atoms with van der Waals surface area (Å²) >= 11 is 1.16. The van der Waals surface area contributed by atoms with Crippen molar-refractivity contribution in [1.29, 1.82) is 0 Å². The van der Waals surface area contributed by atoms with Gasteiger partial charge in [0.25, 0.3) is 5.56 Å². The number of aromatic amines is 1. The van der Waals surface area contributed by atoms with Crippen LogP contribution in [0.1, 0.15) is 25.5 Å². The van der Waals surface area contributed by atoms with Gasteiger partial charge in [-0.2, -0.15) is 0 Å². The van der Waals surface area contributed by atoms with Gasteiger partial charge in [-0.3, -0.25) is 9.59 Å². The first kappa shape index (κ1) is 12.8. The van der Waals surface area contributed by atoms with Crippen LogP contribution in [0.15, 0.2) is 16.0 Å². The molecule has 0 fully saturated rings. The largest absolute Gasteiger partial charge is 0.468 e. The van der Waals surface area contributed by atoms with Crippen LogP contribution in [-0.4, -0.2) is 28.8 Å². The molecule has 1 aromatic heterocycles. The highest BCUT2D eigenvalue weighted by atomic mass is 32.2. The fraction of sp³-hybridized carbons (Fsp3) is 0.500. The Kier molecular flexibility index (Phi) is 4.54. The molecule has 5 nitrogen and oxygen atoms in total. The Balaban J connectivity index is 2.80. The van der Waals surface area contributed by atoms with Crippen molar-refractivity contribution in [3.05, 3.63) is 22.1 Å². The maximum absolute atomic E-state index is 11.3. The molecule has 0 atom stereocenters. The maximum Gasteiger partial charge on any atom is 0.316 e. The lowest BCUT2D eigenvalue weighted by atomic mass is 10.1. The van der Waals surface area contributed by atoms with Crippen LogP contribution in [0, 0.1) is 0 Å². The molecule has 0 aliphatic carbocycles. The first-order valence-corrected chi connectivity index (χ1v) is 5.82. The topological polar surface area (TPSA) is 72.0 Å². The third-order valence-electron chi connectivity index (χ3n) is 1.89. The standard InChI is InChI=1S/C10H14N2O3S/c1-6(2)7-4-8(13)12-10(11-7)16-5-9(14)15-3/h4,6H,5H2,1-3H3,(H,11,12,13). The molecule has 88 valence electrons. The van der Waals surface area contributed by atoms with Gasteiger partial charge in [-0.1, -0.05) is 25.6 Å². The van der Waals surface area contributed by atoms with Gasteiger partial charge in [-0.15, -0.1) is 0 Å². The van der Waals surface area contributed by atoms with E-state index in [-0.39, 0.29) is 23.2 Å². The Hall–Kier alpha value is -1.30. The Morgan fingerprint density at radius 2 is 2.31 bits per heavy atom. The fourth-order valence-electron chi connectivity index (χ4n) is 1.00. The molecule has 1 heterocycles. The number of nitrogens with one attached hydrogen (secondary N) is 1. The molecule has 6 heteroatoms. The minimum atomic E-state index is -0.345. The number of esters is 1. The highest BCUT2D eigenvalue weighted by molar-refractivity contribution is 7.99. The Morgan fingerprint density at radius 3 is 2.88 bits per heavy atom. The van der Waals surface area contributed by atoms with Gasteiger partial charge in [-0.05, 0) is 5.92 Å². The monoisotopic (exact) mass is 242 g/mol. The molecule has 0 unspecified atom stereocenters. The Bertz CT molecular complexity index is 428. The van der Waals surface area contributed by atoms with Crippen LogP contribution in [0.3, 0.4) is 0 Å². The molecule has 1 N–H and O–H groups in total. The van der Waals surface area contributed by atoms with E-state index in [1.807, 2.05) is 13.8 Å². The SMILES string of the molecule is COC(=O)CSc1nc(C(C)C)cc(=O)[nH]1. The van der Waals surface area contributed by atoms with Crippen LogP contribution in [0.25, 0.3) is 0 Å². The molecule has 0 bridgehead atoms. The number of H-pyrrole nitrogens is 1. The summed E-state index contributed by atoms with van der Waals surface area (Å²) in [5, 5.41) is 0.446. The van der Waals surface area contributed by atoms with Gasteiger partial charge >= 0.3 is 5.97 Å². The van der Waals surface area contributed by atoms with E-state index in [4.69, 9.17) is 0 Å². The van der Waals surface area contributed by atoms with Crippen LogP contribution in [0.2, 0.25) is 0 Å². The molecule has 0 saturated heterocycles. The zero-order chi connectivity index (χ0) is 12.1. The molecule has 0 saturated carbocycles. The zero-order valence-corrected chi connectivity index (χ0v) is 10.3. The summed E-state index contributed by atoms with van der Waals surface area (Å²) in [4.78, 5) is 29.0. The van der Waals surface area contributed by atoms with E-state index in [1.54, 1.807) is 0 Å². The minimum absolute atomic E-state index is 0.140. The van der Waals surface area contributed by atoms with Crippen LogP contribution in [-0.2, 0) is 9.53 Å². The average Bonchev–Trinajstić information content (AvgIpc) is 2.25. The van der Waals surface area contributed by atoms with Crippen molar-refractivity contribution >= 4 is 17.7 Å². The average molecular weight is 242 g/mol. The molecule has 0 radical (unpaired) electrons. The van der Waals surface area contributed by atoms with Crippen LogP contribution < -0.4 is 5.56 Å². The van der Waals surface area contributed by atoms with Gasteiger partial charge in [0.05, 0.1) is 18.6 Å². The van der Waals surface area contributed by atoms with Crippen molar-refractivity contribution in [2.45, 2.75) is 24.9 Å². The molecule has 0 aliphatic heterocycles. The Labute approximate surface area is 97.6 Å². The first-order valence-electron chi connectivity index (χ1n) is 4.83. The number of aromatic nitrogens is 2. The molecule has 0 amide bonds. The quantitative estimate of drug-likeness (QED) is 0.487. The number of thioether (sulfide) groups is 1. The third-order valence-corrected chi connectivity index (χ3v) is 2.73. The van der Waals surface area contributed by atoms with Crippen molar-refractivity contribution in [1.82, 2.24) is 9.97 Å². The smallest absolute Gasteiger partial charge is 0.316 e. The van der Waals surface area contributed by atoms with E-state index < -0.39 is 0 Å². The minimum Gasteiger partial charge on any atom is -0.468 e. The van der Waals surface area contributed by atoms with Crippen molar-refractivity contribution in [2.75, 3.05) is 12.9 Å². The second kappa shape index (κ2) is 5.69. The second-order valence-electron chi connectivity index (χ2n) is 3.49. The van der Waals surface area contributed by atoms with Gasteiger partial charge in [-0.25, -0.2) is 4.98 Å². The summed E-state index contributed by atoms with van der Waals surface area (Å²) in [6, 6.07) is 1.47. The van der Waals surface area contributed by atoms with E-state index >= 15 is 0 Å². The van der Waals surface area contributed by atoms with Gasteiger partial charge in [0.1, 0.15) is 0 Å². The van der Waals surface area contributed by atoms with Gasteiger partial charge in [0.15, 0.2) is 5.16 Å². The Morgan fingerprint density at radius 1 is 1.62 bits per heavy atom. The van der Waals surface area contributed by atoms with Gasteiger partial charge < -0.3 is 9.72 Å². The number of rotatable bonds is 4. The lowest BCUT2D eigenvalue weighted by Crippen LogP contribution is -2.12. The molecule has 1 rings (SSSR count). The van der Waals surface area contributed by atoms with E-state index in [2.05, 4.69) is 14.7 Å². The highest BCUT2D eigenvalue weighted by Gasteiger charge is 2.07. The zero-order valence-electron chi connectivity index (χ0n) is 9.44. The molecular weight excluding hydrogens is 228 g/mol. The molecule has 1 aromatic rings. The van der Waals surface area contributed by atoms with E-state index in [0.717, 1.165) is 17.5 Å². The maximum atomic E-state index is 11.3. The predicted octanol–water partition coefficient (Wildman–Crippen LogP) is 1.16. The molecule has 0 spiro atoms. The normalized spacial score (nSPS) is 10.5. The molecule has 0 aromatic carbocycles. The van der Waals surface area contributed by atoms with Crippen molar-refractivity contribution in [3.8, 4) is 0 Å². The number of carbonyl (C=O) groups excluding carboxylic acids is 1. The van der Waals surface area contributed by atoms with Crippen molar-refractivity contribution in [2.24, 2.45) is 0 Å². The van der Waals surface area contributed by atoms with Gasteiger partial charge in [0, 0.05) is 6.07 Å². The summed E-state index contributed by atoms with van der Waals surface area (Å²) < 4.78 is 4.50. The van der Waals surface area contributed by atoms with E-state index in [1.165, 1.54) is 13.2 Å². The summed E-state index contributed by atoms with van der Waals surface area (Å²) in [5.74, 6) is -0.0246. The lowest BCUT2D eigenvalue weighted by molar-refractivity contribution is -0.137. The number of methoxy groups -OCH3 is 1. The second-order valence-corrected chi connectivity index (χ2v) is 4.46. The first-order chi connectivity index (χ1) is 7.52. The predicted molar refractivity (Wildman–Crippen MR) is 61.7 cm³/mol. The number of carbonyl (C=O) groups is 1.